The number of hydrogen-bond donors (Lipinski definition) is 1. The van der Waals surface area contributed by atoms with E-state index in [0.717, 1.165) is 21.8 Å². The molecular formula is C14H11BrF3N. The summed E-state index contributed by atoms with van der Waals surface area (Å²) >= 11 is 3.37. The van der Waals surface area contributed by atoms with Crippen molar-refractivity contribution >= 4 is 21.6 Å². The highest BCUT2D eigenvalue weighted by Gasteiger charge is 2.10. The van der Waals surface area contributed by atoms with Gasteiger partial charge in [-0.2, -0.15) is 0 Å². The van der Waals surface area contributed by atoms with Gasteiger partial charge in [0.2, 0.25) is 0 Å². The van der Waals surface area contributed by atoms with Gasteiger partial charge in [0.15, 0.2) is 11.6 Å². The summed E-state index contributed by atoms with van der Waals surface area (Å²) in [5, 5.41) is 2.97. The molecule has 0 fully saturated rings. The molecule has 2 aromatic carbocycles. The van der Waals surface area contributed by atoms with Gasteiger partial charge >= 0.3 is 0 Å². The molecule has 2 rings (SSSR count). The molecule has 0 bridgehead atoms. The minimum atomic E-state index is -1.18. The van der Waals surface area contributed by atoms with Crippen molar-refractivity contribution in [1.82, 2.24) is 0 Å². The average molecular weight is 330 g/mol. The monoisotopic (exact) mass is 329 g/mol. The number of anilines is 1. The van der Waals surface area contributed by atoms with Crippen LogP contribution in [0.5, 0.6) is 0 Å². The molecule has 0 saturated heterocycles. The van der Waals surface area contributed by atoms with Crippen LogP contribution in [-0.2, 0) is 6.54 Å². The van der Waals surface area contributed by atoms with Crippen molar-refractivity contribution in [2.75, 3.05) is 5.32 Å². The zero-order chi connectivity index (χ0) is 14.0. The first-order valence-corrected chi connectivity index (χ1v) is 6.40. The largest absolute Gasteiger partial charge is 0.380 e. The lowest BCUT2D eigenvalue weighted by atomic mass is 10.2. The van der Waals surface area contributed by atoms with Gasteiger partial charge < -0.3 is 5.32 Å². The summed E-state index contributed by atoms with van der Waals surface area (Å²) in [7, 11) is 0. The number of halogens is 4. The van der Waals surface area contributed by atoms with Crippen LogP contribution >= 0.6 is 15.9 Å². The summed E-state index contributed by atoms with van der Waals surface area (Å²) in [5.41, 5.74) is 1.91. The smallest absolute Gasteiger partial charge is 0.161 e. The Labute approximate surface area is 117 Å². The lowest BCUT2D eigenvalue weighted by molar-refractivity contribution is 0.490. The van der Waals surface area contributed by atoms with Gasteiger partial charge in [0.25, 0.3) is 0 Å². The third kappa shape index (κ3) is 3.29. The normalized spacial score (nSPS) is 10.6. The zero-order valence-electron chi connectivity index (χ0n) is 10.1. The Hall–Kier alpha value is -1.49. The molecule has 5 heteroatoms. The van der Waals surface area contributed by atoms with Gasteiger partial charge in [-0.05, 0) is 46.6 Å². The highest BCUT2D eigenvalue weighted by atomic mass is 79.9. The fourth-order valence-electron chi connectivity index (χ4n) is 1.65. The van der Waals surface area contributed by atoms with Crippen molar-refractivity contribution in [2.45, 2.75) is 13.5 Å². The van der Waals surface area contributed by atoms with E-state index in [1.165, 1.54) is 0 Å². The Morgan fingerprint density at radius 3 is 2.37 bits per heavy atom. The molecule has 0 atom stereocenters. The van der Waals surface area contributed by atoms with E-state index in [9.17, 15) is 13.2 Å². The molecule has 0 spiro atoms. The third-order valence-corrected chi connectivity index (χ3v) is 3.34. The van der Waals surface area contributed by atoms with E-state index in [1.807, 2.05) is 25.1 Å². The van der Waals surface area contributed by atoms with Crippen molar-refractivity contribution in [1.29, 1.82) is 0 Å². The zero-order valence-corrected chi connectivity index (χ0v) is 11.7. The molecule has 0 unspecified atom stereocenters. The van der Waals surface area contributed by atoms with E-state index in [-0.39, 0.29) is 12.1 Å². The van der Waals surface area contributed by atoms with E-state index in [2.05, 4.69) is 21.2 Å². The van der Waals surface area contributed by atoms with Crippen molar-refractivity contribution < 1.29 is 13.2 Å². The van der Waals surface area contributed by atoms with Gasteiger partial charge in [-0.25, -0.2) is 13.2 Å². The minimum absolute atomic E-state index is 0.0741. The van der Waals surface area contributed by atoms with Gasteiger partial charge in [-0.15, -0.1) is 0 Å². The first-order valence-electron chi connectivity index (χ1n) is 5.61. The van der Waals surface area contributed by atoms with Gasteiger partial charge in [0.05, 0.1) is 0 Å². The molecule has 1 N–H and O–H groups in total. The summed E-state index contributed by atoms with van der Waals surface area (Å²) in [4.78, 5) is 0. The lowest BCUT2D eigenvalue weighted by Crippen LogP contribution is -2.04. The quantitative estimate of drug-likeness (QED) is 0.798. The maximum atomic E-state index is 13.4. The van der Waals surface area contributed by atoms with E-state index < -0.39 is 17.5 Å². The predicted molar refractivity (Wildman–Crippen MR) is 72.5 cm³/mol. The van der Waals surface area contributed by atoms with Crippen LogP contribution in [0.4, 0.5) is 18.9 Å². The molecule has 0 amide bonds. The standard InChI is InChI=1S/C14H11BrF3N/c1-8-2-3-14(10(15)4-8)19-7-9-5-12(17)13(18)6-11(9)16/h2-6,19H,7H2,1H3. The SMILES string of the molecule is Cc1ccc(NCc2cc(F)c(F)cc2F)c(Br)c1. The molecule has 19 heavy (non-hydrogen) atoms. The molecule has 0 radical (unpaired) electrons. The van der Waals surface area contributed by atoms with E-state index in [1.54, 1.807) is 0 Å². The molecule has 0 heterocycles. The fourth-order valence-corrected chi connectivity index (χ4v) is 2.29. The van der Waals surface area contributed by atoms with Crippen LogP contribution in [-0.4, -0.2) is 0 Å². The van der Waals surface area contributed by atoms with E-state index in [0.29, 0.717) is 6.07 Å². The second-order valence-corrected chi connectivity index (χ2v) is 5.05. The fraction of sp³-hybridized carbons (Fsp3) is 0.143. The highest BCUT2D eigenvalue weighted by Crippen LogP contribution is 2.24. The number of benzene rings is 2. The second kappa shape index (κ2) is 5.65. The third-order valence-electron chi connectivity index (χ3n) is 2.68. The van der Waals surface area contributed by atoms with Crippen LogP contribution in [0.3, 0.4) is 0 Å². The summed E-state index contributed by atoms with van der Waals surface area (Å²) in [5.74, 6) is -3.01. The summed E-state index contributed by atoms with van der Waals surface area (Å²) in [6.45, 7) is 2.02. The highest BCUT2D eigenvalue weighted by molar-refractivity contribution is 9.10. The topological polar surface area (TPSA) is 12.0 Å². The van der Waals surface area contributed by atoms with Crippen molar-refractivity contribution in [3.05, 3.63) is 63.4 Å². The molecule has 100 valence electrons. The molecule has 0 saturated carbocycles. The van der Waals surface area contributed by atoms with Crippen LogP contribution in [0.25, 0.3) is 0 Å². The van der Waals surface area contributed by atoms with Crippen LogP contribution in [0.15, 0.2) is 34.8 Å². The maximum absolute atomic E-state index is 13.4. The number of aryl methyl sites for hydroxylation is 1. The Morgan fingerprint density at radius 1 is 1.00 bits per heavy atom. The van der Waals surface area contributed by atoms with Gasteiger partial charge in [-0.1, -0.05) is 6.07 Å². The Bertz CT molecular complexity index is 614. The van der Waals surface area contributed by atoms with Gasteiger partial charge in [-0.3, -0.25) is 0 Å². The average Bonchev–Trinajstić information content (AvgIpc) is 2.34. The van der Waals surface area contributed by atoms with Gasteiger partial charge in [0, 0.05) is 28.3 Å². The Morgan fingerprint density at radius 2 is 1.68 bits per heavy atom. The van der Waals surface area contributed by atoms with E-state index >= 15 is 0 Å². The predicted octanol–water partition coefficient (Wildman–Crippen LogP) is 4.79. The first-order chi connectivity index (χ1) is 8.97. The second-order valence-electron chi connectivity index (χ2n) is 4.19. The van der Waals surface area contributed by atoms with Crippen LogP contribution < -0.4 is 5.32 Å². The number of hydrogen-bond acceptors (Lipinski definition) is 1. The molecule has 0 aliphatic heterocycles. The number of rotatable bonds is 3. The molecule has 1 nitrogen and oxygen atoms in total. The van der Waals surface area contributed by atoms with Crippen LogP contribution in [0.1, 0.15) is 11.1 Å². The first kappa shape index (κ1) is 13.9. The molecular weight excluding hydrogens is 319 g/mol. The van der Waals surface area contributed by atoms with Crippen LogP contribution in [0, 0.1) is 24.4 Å². The summed E-state index contributed by atoms with van der Waals surface area (Å²) in [6.07, 6.45) is 0. The van der Waals surface area contributed by atoms with Crippen molar-refractivity contribution in [3.8, 4) is 0 Å². The molecule has 0 aliphatic rings. The summed E-state index contributed by atoms with van der Waals surface area (Å²) < 4.78 is 40.1. The van der Waals surface area contributed by atoms with Crippen molar-refractivity contribution in [2.24, 2.45) is 0 Å². The van der Waals surface area contributed by atoms with E-state index in [4.69, 9.17) is 0 Å². The Kier molecular flexibility index (Phi) is 4.14. The Balaban J connectivity index is 2.16. The van der Waals surface area contributed by atoms with Gasteiger partial charge in [0.1, 0.15) is 5.82 Å². The number of nitrogens with one attached hydrogen (secondary N) is 1. The molecule has 2 aromatic rings. The summed E-state index contributed by atoms with van der Waals surface area (Å²) in [6, 6.07) is 7.05. The molecule has 0 aliphatic carbocycles. The lowest BCUT2D eigenvalue weighted by Gasteiger charge is -2.10. The van der Waals surface area contributed by atoms with Crippen LogP contribution in [0.2, 0.25) is 0 Å². The van der Waals surface area contributed by atoms with Crippen molar-refractivity contribution in [3.63, 3.8) is 0 Å². The maximum Gasteiger partial charge on any atom is 0.161 e. The minimum Gasteiger partial charge on any atom is -0.380 e. The molecule has 0 aromatic heterocycles.